The van der Waals surface area contributed by atoms with E-state index in [9.17, 15) is 4.79 Å². The molecule has 3 nitrogen and oxygen atoms in total. The van der Waals surface area contributed by atoms with E-state index in [0.29, 0.717) is 17.9 Å². The van der Waals surface area contributed by atoms with E-state index in [0.717, 1.165) is 16.7 Å². The van der Waals surface area contributed by atoms with Gasteiger partial charge in [-0.25, -0.2) is 0 Å². The second kappa shape index (κ2) is 8.88. The summed E-state index contributed by atoms with van der Waals surface area (Å²) in [7, 11) is 1.63. The molecule has 2 rings (SSSR count). The summed E-state index contributed by atoms with van der Waals surface area (Å²) in [5.74, 6) is 0.908. The Morgan fingerprint density at radius 3 is 2.20 bits per heavy atom. The molecule has 0 radical (unpaired) electrons. The lowest BCUT2D eigenvalue weighted by Crippen LogP contribution is -2.05. The molecular formula is C22H24O3. The lowest BCUT2D eigenvalue weighted by Gasteiger charge is -2.14. The molecule has 0 unspecified atom stereocenters. The largest absolute Gasteiger partial charge is 0.496 e. The monoisotopic (exact) mass is 336 g/mol. The Labute approximate surface area is 149 Å². The molecule has 0 aliphatic heterocycles. The number of hydrogen-bond acceptors (Lipinski definition) is 3. The van der Waals surface area contributed by atoms with Crippen LogP contribution in [-0.4, -0.2) is 13.1 Å². The summed E-state index contributed by atoms with van der Waals surface area (Å²) in [6.07, 6.45) is 6.73. The Morgan fingerprint density at radius 2 is 1.60 bits per heavy atom. The quantitative estimate of drug-likeness (QED) is 0.311. The van der Waals surface area contributed by atoms with E-state index in [-0.39, 0.29) is 5.97 Å². The molecule has 0 bridgehead atoms. The molecule has 0 heterocycles. The van der Waals surface area contributed by atoms with Crippen molar-refractivity contribution in [1.29, 1.82) is 0 Å². The zero-order valence-corrected chi connectivity index (χ0v) is 15.2. The van der Waals surface area contributed by atoms with Crippen molar-refractivity contribution in [1.82, 2.24) is 0 Å². The molecule has 0 aromatic heterocycles. The number of ether oxygens (including phenoxy) is 2. The van der Waals surface area contributed by atoms with Gasteiger partial charge in [0.2, 0.25) is 0 Å². The van der Waals surface area contributed by atoms with E-state index >= 15 is 0 Å². The van der Waals surface area contributed by atoms with Crippen LogP contribution >= 0.6 is 0 Å². The highest BCUT2D eigenvalue weighted by Crippen LogP contribution is 2.32. The topological polar surface area (TPSA) is 35.5 Å². The molecule has 0 N–H and O–H groups in total. The third-order valence-corrected chi connectivity index (χ3v) is 3.65. The highest BCUT2D eigenvalue weighted by molar-refractivity contribution is 5.74. The molecule has 0 spiro atoms. The molecular weight excluding hydrogens is 312 g/mol. The molecule has 0 saturated heterocycles. The zero-order chi connectivity index (χ0) is 18.2. The first kappa shape index (κ1) is 18.5. The normalized spacial score (nSPS) is 10.6. The first-order valence-electron chi connectivity index (χ1n) is 8.25. The molecule has 0 amide bonds. The smallest absolute Gasteiger partial charge is 0.308 e. The molecule has 0 atom stereocenters. The Morgan fingerprint density at radius 1 is 0.960 bits per heavy atom. The van der Waals surface area contributed by atoms with Crippen LogP contribution < -0.4 is 9.47 Å². The van der Waals surface area contributed by atoms with E-state index in [2.05, 4.69) is 6.08 Å². The number of hydrogen-bond donors (Lipinski definition) is 0. The molecule has 0 fully saturated rings. The number of carbonyl (C=O) groups excluding carboxylic acids is 1. The van der Waals surface area contributed by atoms with Crippen molar-refractivity contribution in [3.8, 4) is 11.5 Å². The van der Waals surface area contributed by atoms with Gasteiger partial charge in [0.15, 0.2) is 0 Å². The number of allylic oxidation sites excluding steroid dienone is 2. The Balaban J connectivity index is 2.43. The van der Waals surface area contributed by atoms with Crippen molar-refractivity contribution in [3.63, 3.8) is 0 Å². The van der Waals surface area contributed by atoms with Crippen LogP contribution in [0.1, 0.15) is 37.5 Å². The average Bonchev–Trinajstić information content (AvgIpc) is 2.58. The van der Waals surface area contributed by atoms with Crippen molar-refractivity contribution in [2.45, 2.75) is 27.2 Å². The van der Waals surface area contributed by atoms with Crippen molar-refractivity contribution in [3.05, 3.63) is 70.8 Å². The van der Waals surface area contributed by atoms with Crippen LogP contribution in [0.2, 0.25) is 0 Å². The first-order chi connectivity index (χ1) is 12.0. The molecule has 0 aliphatic carbocycles. The number of benzene rings is 2. The lowest BCUT2D eigenvalue weighted by atomic mass is 10.0. The minimum Gasteiger partial charge on any atom is -0.496 e. The fourth-order valence-corrected chi connectivity index (χ4v) is 2.43. The van der Waals surface area contributed by atoms with Gasteiger partial charge < -0.3 is 9.47 Å². The summed E-state index contributed by atoms with van der Waals surface area (Å²) in [5, 5.41) is 0. The van der Waals surface area contributed by atoms with E-state index in [1.54, 1.807) is 7.11 Å². The Hall–Kier alpha value is -2.81. The van der Waals surface area contributed by atoms with Crippen molar-refractivity contribution in [2.75, 3.05) is 7.11 Å². The molecule has 25 heavy (non-hydrogen) atoms. The van der Waals surface area contributed by atoms with Crippen molar-refractivity contribution >= 4 is 18.1 Å². The fourth-order valence-electron chi connectivity index (χ4n) is 2.43. The second-order valence-corrected chi connectivity index (χ2v) is 6.02. The maximum absolute atomic E-state index is 11.5. The van der Waals surface area contributed by atoms with Crippen LogP contribution in [0.25, 0.3) is 12.2 Å². The minimum absolute atomic E-state index is 0.343. The summed E-state index contributed by atoms with van der Waals surface area (Å²) < 4.78 is 11.0. The van der Waals surface area contributed by atoms with Crippen LogP contribution in [0, 0.1) is 0 Å². The summed E-state index contributed by atoms with van der Waals surface area (Å²) in [5.41, 5.74) is 4.08. The van der Waals surface area contributed by atoms with Gasteiger partial charge in [0.25, 0.3) is 0 Å². The molecule has 2 aromatic carbocycles. The molecule has 2 aromatic rings. The van der Waals surface area contributed by atoms with Crippen LogP contribution in [0.15, 0.2) is 54.1 Å². The van der Waals surface area contributed by atoms with E-state index in [1.807, 2.05) is 68.5 Å². The number of rotatable bonds is 6. The van der Waals surface area contributed by atoms with Gasteiger partial charge in [-0.3, -0.25) is 4.79 Å². The zero-order valence-electron chi connectivity index (χ0n) is 15.2. The summed E-state index contributed by atoms with van der Waals surface area (Å²) >= 11 is 0. The predicted octanol–water partition coefficient (Wildman–Crippen LogP) is 5.30. The predicted molar refractivity (Wildman–Crippen MR) is 103 cm³/mol. The molecule has 130 valence electrons. The summed E-state index contributed by atoms with van der Waals surface area (Å²) in [6.45, 7) is 5.48. The van der Waals surface area contributed by atoms with Crippen LogP contribution in [-0.2, 0) is 11.2 Å². The minimum atomic E-state index is -0.343. The Bertz CT molecular complexity index is 782. The summed E-state index contributed by atoms with van der Waals surface area (Å²) in [6, 6.07) is 13.9. The maximum Gasteiger partial charge on any atom is 0.308 e. The van der Waals surface area contributed by atoms with E-state index < -0.39 is 0 Å². The standard InChI is InChI=1S/C22H24O3/c1-16(2)10-13-20-21(24-4)14-19(15-22(20)25-17(3)23)12-11-18-8-6-5-7-9-18/h5-12,14-15H,13H2,1-4H3. The van der Waals surface area contributed by atoms with Crippen LogP contribution in [0.4, 0.5) is 0 Å². The highest BCUT2D eigenvalue weighted by atomic mass is 16.5. The third-order valence-electron chi connectivity index (χ3n) is 3.65. The van der Waals surface area contributed by atoms with Gasteiger partial charge in [-0.05, 0) is 43.5 Å². The van der Waals surface area contributed by atoms with Gasteiger partial charge in [-0.1, -0.05) is 54.1 Å². The SMILES string of the molecule is COc1cc(C=Cc2ccccc2)cc(OC(C)=O)c1CC=C(C)C. The molecule has 0 aliphatic rings. The number of carbonyl (C=O) groups is 1. The second-order valence-electron chi connectivity index (χ2n) is 6.02. The van der Waals surface area contributed by atoms with Gasteiger partial charge in [0.05, 0.1) is 7.11 Å². The fraction of sp³-hybridized carbons (Fsp3) is 0.227. The van der Waals surface area contributed by atoms with E-state index in [4.69, 9.17) is 9.47 Å². The Kier molecular flexibility index (Phi) is 6.58. The maximum atomic E-state index is 11.5. The van der Waals surface area contributed by atoms with Crippen molar-refractivity contribution < 1.29 is 14.3 Å². The van der Waals surface area contributed by atoms with Gasteiger partial charge in [0, 0.05) is 12.5 Å². The van der Waals surface area contributed by atoms with Crippen LogP contribution in [0.3, 0.4) is 0 Å². The molecule has 3 heteroatoms. The van der Waals surface area contributed by atoms with Gasteiger partial charge in [0.1, 0.15) is 11.5 Å². The molecule has 0 saturated carbocycles. The van der Waals surface area contributed by atoms with Gasteiger partial charge >= 0.3 is 5.97 Å². The van der Waals surface area contributed by atoms with E-state index in [1.165, 1.54) is 12.5 Å². The average molecular weight is 336 g/mol. The number of methoxy groups -OCH3 is 1. The third kappa shape index (κ3) is 5.64. The summed E-state index contributed by atoms with van der Waals surface area (Å²) in [4.78, 5) is 11.5. The van der Waals surface area contributed by atoms with Crippen LogP contribution in [0.5, 0.6) is 11.5 Å². The number of esters is 1. The highest BCUT2D eigenvalue weighted by Gasteiger charge is 2.13. The lowest BCUT2D eigenvalue weighted by molar-refractivity contribution is -0.131. The van der Waals surface area contributed by atoms with Gasteiger partial charge in [-0.2, -0.15) is 0 Å². The van der Waals surface area contributed by atoms with Crippen molar-refractivity contribution in [2.24, 2.45) is 0 Å². The first-order valence-corrected chi connectivity index (χ1v) is 8.25. The van der Waals surface area contributed by atoms with Gasteiger partial charge in [-0.15, -0.1) is 0 Å².